The number of ether oxygens (including phenoxy) is 3. The Labute approximate surface area is 116 Å². The molecule has 0 aromatic heterocycles. The highest BCUT2D eigenvalue weighted by Crippen LogP contribution is 2.35. The third-order valence-corrected chi connectivity index (χ3v) is 4.75. The predicted molar refractivity (Wildman–Crippen MR) is 73.1 cm³/mol. The fraction of sp³-hybridized carbons (Fsp3) is 1.00. The summed E-state index contributed by atoms with van der Waals surface area (Å²) in [7, 11) is 0. The Bertz CT molecular complexity index is 263. The van der Waals surface area contributed by atoms with Crippen LogP contribution in [-0.2, 0) is 14.2 Å². The summed E-state index contributed by atoms with van der Waals surface area (Å²) < 4.78 is 17.4. The topological polar surface area (TPSA) is 39.7 Å². The van der Waals surface area contributed by atoms with Crippen LogP contribution in [-0.4, -0.2) is 44.3 Å². The van der Waals surface area contributed by atoms with Crippen LogP contribution in [0.4, 0.5) is 0 Å². The summed E-state index contributed by atoms with van der Waals surface area (Å²) in [6.07, 6.45) is 10.2. The van der Waals surface area contributed by atoms with Gasteiger partial charge in [0.25, 0.3) is 0 Å². The van der Waals surface area contributed by atoms with Gasteiger partial charge in [0.2, 0.25) is 0 Å². The van der Waals surface area contributed by atoms with Crippen molar-refractivity contribution in [2.45, 2.75) is 69.3 Å². The summed E-state index contributed by atoms with van der Waals surface area (Å²) in [6.45, 7) is 3.38. The third-order valence-electron chi connectivity index (χ3n) is 4.75. The molecule has 1 N–H and O–H groups in total. The predicted octanol–water partition coefficient (Wildman–Crippen LogP) is 2.22. The van der Waals surface area contributed by atoms with Crippen molar-refractivity contribution in [1.29, 1.82) is 0 Å². The lowest BCUT2D eigenvalue weighted by Crippen LogP contribution is -2.43. The molecular formula is C15H27NO3. The quantitative estimate of drug-likeness (QED) is 0.777. The lowest BCUT2D eigenvalue weighted by molar-refractivity contribution is -0.179. The molecule has 0 amide bonds. The van der Waals surface area contributed by atoms with Gasteiger partial charge in [-0.25, -0.2) is 0 Å². The monoisotopic (exact) mass is 269 g/mol. The van der Waals surface area contributed by atoms with E-state index >= 15 is 0 Å². The van der Waals surface area contributed by atoms with Crippen LogP contribution in [0.5, 0.6) is 0 Å². The van der Waals surface area contributed by atoms with Gasteiger partial charge >= 0.3 is 0 Å². The molecule has 1 saturated heterocycles. The highest BCUT2D eigenvalue weighted by molar-refractivity contribution is 4.85. The van der Waals surface area contributed by atoms with Crippen LogP contribution in [0.15, 0.2) is 0 Å². The van der Waals surface area contributed by atoms with Gasteiger partial charge in [-0.1, -0.05) is 12.8 Å². The molecular weight excluding hydrogens is 242 g/mol. The van der Waals surface area contributed by atoms with E-state index in [4.69, 9.17) is 14.2 Å². The van der Waals surface area contributed by atoms with E-state index in [1.54, 1.807) is 0 Å². The molecule has 1 spiro atoms. The van der Waals surface area contributed by atoms with Crippen LogP contribution >= 0.6 is 0 Å². The van der Waals surface area contributed by atoms with Gasteiger partial charge in [0.05, 0.1) is 25.9 Å². The minimum atomic E-state index is -0.224. The highest BCUT2D eigenvalue weighted by Gasteiger charge is 2.40. The van der Waals surface area contributed by atoms with E-state index in [2.05, 4.69) is 5.32 Å². The molecule has 0 unspecified atom stereocenters. The van der Waals surface area contributed by atoms with E-state index < -0.39 is 0 Å². The van der Waals surface area contributed by atoms with Crippen molar-refractivity contribution in [3.05, 3.63) is 0 Å². The normalized spacial score (nSPS) is 28.4. The minimum absolute atomic E-state index is 0.224. The van der Waals surface area contributed by atoms with Gasteiger partial charge in [-0.05, 0) is 25.7 Å². The first-order valence-electron chi connectivity index (χ1n) is 7.99. The van der Waals surface area contributed by atoms with Gasteiger partial charge in [-0.15, -0.1) is 0 Å². The summed E-state index contributed by atoms with van der Waals surface area (Å²) in [4.78, 5) is 0. The second-order valence-corrected chi connectivity index (χ2v) is 6.11. The molecule has 0 atom stereocenters. The van der Waals surface area contributed by atoms with Crippen LogP contribution in [0.2, 0.25) is 0 Å². The number of hydrogen-bond donors (Lipinski definition) is 1. The zero-order chi connectivity index (χ0) is 13.0. The fourth-order valence-corrected chi connectivity index (χ4v) is 3.59. The average Bonchev–Trinajstić information content (AvgIpc) is 3.09. The summed E-state index contributed by atoms with van der Waals surface area (Å²) >= 11 is 0. The second-order valence-electron chi connectivity index (χ2n) is 6.11. The lowest BCUT2D eigenvalue weighted by atomic mass is 9.90. The molecule has 3 rings (SSSR count). The largest absolute Gasteiger partial charge is 0.377 e. The molecule has 0 aromatic carbocycles. The lowest BCUT2D eigenvalue weighted by Gasteiger charge is -2.35. The molecule has 110 valence electrons. The van der Waals surface area contributed by atoms with Crippen molar-refractivity contribution in [1.82, 2.24) is 5.32 Å². The number of hydrogen-bond acceptors (Lipinski definition) is 4. The molecule has 3 aliphatic rings. The van der Waals surface area contributed by atoms with Gasteiger partial charge < -0.3 is 19.5 Å². The highest BCUT2D eigenvalue weighted by atomic mass is 16.7. The first-order chi connectivity index (χ1) is 9.36. The second kappa shape index (κ2) is 6.53. The maximum absolute atomic E-state index is 5.88. The summed E-state index contributed by atoms with van der Waals surface area (Å²) in [6, 6.07) is 0.616. The number of nitrogens with one attached hydrogen (secondary N) is 1. The maximum atomic E-state index is 5.88. The molecule has 1 heterocycles. The Morgan fingerprint density at radius 1 is 1.00 bits per heavy atom. The summed E-state index contributed by atoms with van der Waals surface area (Å²) in [5.41, 5.74) is 0. The fourth-order valence-electron chi connectivity index (χ4n) is 3.59. The van der Waals surface area contributed by atoms with Crippen molar-refractivity contribution in [3.8, 4) is 0 Å². The van der Waals surface area contributed by atoms with Gasteiger partial charge in [-0.2, -0.15) is 0 Å². The molecule has 0 aromatic rings. The molecule has 1 aliphatic heterocycles. The average molecular weight is 269 g/mol. The molecule has 0 bridgehead atoms. The van der Waals surface area contributed by atoms with Gasteiger partial charge in [0.15, 0.2) is 5.79 Å². The van der Waals surface area contributed by atoms with Gasteiger partial charge in [0.1, 0.15) is 0 Å². The van der Waals surface area contributed by atoms with Crippen molar-refractivity contribution in [3.63, 3.8) is 0 Å². The van der Waals surface area contributed by atoms with Crippen molar-refractivity contribution < 1.29 is 14.2 Å². The van der Waals surface area contributed by atoms with Crippen LogP contribution in [0, 0.1) is 0 Å². The Morgan fingerprint density at radius 2 is 1.68 bits per heavy atom. The Kier molecular flexibility index (Phi) is 4.74. The van der Waals surface area contributed by atoms with Crippen molar-refractivity contribution in [2.24, 2.45) is 0 Å². The van der Waals surface area contributed by atoms with E-state index in [-0.39, 0.29) is 5.79 Å². The molecule has 2 saturated carbocycles. The zero-order valence-electron chi connectivity index (χ0n) is 11.9. The van der Waals surface area contributed by atoms with Crippen molar-refractivity contribution in [2.75, 3.05) is 26.4 Å². The summed E-state index contributed by atoms with van der Waals surface area (Å²) in [5, 5.41) is 3.62. The minimum Gasteiger partial charge on any atom is -0.377 e. The smallest absolute Gasteiger partial charge is 0.168 e. The van der Waals surface area contributed by atoms with E-state index in [0.717, 1.165) is 52.0 Å². The SMILES string of the molecule is C1CCC(OCCNC2CCC3(CC2)OCCO3)C1. The third kappa shape index (κ3) is 3.69. The standard InChI is InChI=1S/C15H27NO3/c1-2-4-14(3-1)17-10-9-16-13-5-7-15(8-6-13)18-11-12-19-15/h13-14,16H,1-12H2. The molecule has 19 heavy (non-hydrogen) atoms. The van der Waals surface area contributed by atoms with E-state index in [9.17, 15) is 0 Å². The van der Waals surface area contributed by atoms with E-state index in [1.165, 1.54) is 25.7 Å². The Balaban J connectivity index is 1.27. The molecule has 4 nitrogen and oxygen atoms in total. The van der Waals surface area contributed by atoms with Gasteiger partial charge in [0, 0.05) is 25.4 Å². The molecule has 0 radical (unpaired) electrons. The Morgan fingerprint density at radius 3 is 2.37 bits per heavy atom. The van der Waals surface area contributed by atoms with Crippen LogP contribution in [0.1, 0.15) is 51.4 Å². The van der Waals surface area contributed by atoms with Crippen LogP contribution < -0.4 is 5.32 Å². The van der Waals surface area contributed by atoms with Crippen LogP contribution in [0.3, 0.4) is 0 Å². The van der Waals surface area contributed by atoms with E-state index in [0.29, 0.717) is 12.1 Å². The van der Waals surface area contributed by atoms with Gasteiger partial charge in [-0.3, -0.25) is 0 Å². The molecule has 4 heteroatoms. The van der Waals surface area contributed by atoms with E-state index in [1.807, 2.05) is 0 Å². The summed E-state index contributed by atoms with van der Waals surface area (Å²) in [5.74, 6) is -0.224. The molecule has 2 aliphatic carbocycles. The van der Waals surface area contributed by atoms with Crippen LogP contribution in [0.25, 0.3) is 0 Å². The maximum Gasteiger partial charge on any atom is 0.168 e. The first-order valence-corrected chi connectivity index (χ1v) is 7.99. The number of rotatable bonds is 5. The van der Waals surface area contributed by atoms with Crippen molar-refractivity contribution >= 4 is 0 Å². The first kappa shape index (κ1) is 13.8. The Hall–Kier alpha value is -0.160. The zero-order valence-corrected chi connectivity index (χ0v) is 11.9. The molecule has 3 fully saturated rings.